The van der Waals surface area contributed by atoms with Crippen molar-refractivity contribution in [1.82, 2.24) is 0 Å². The molecule has 27 atom stereocenters. The number of aliphatic hydroxyl groups excluding tert-OH is 2. The van der Waals surface area contributed by atoms with Crippen molar-refractivity contribution in [3.63, 3.8) is 0 Å². The number of fused-ring (bicyclic) bond motifs is 10. The van der Waals surface area contributed by atoms with Crippen LogP contribution < -0.4 is 0 Å². The standard InChI is InChI=1S/C55H82O20S/c1-9-11-29(50(58)59)12-15-51(4,60)49-27(2)18-38-37(70-49)24-45-55(8,73-38)48(57)47-41(69-45)22-40-46(71-47)28(3)26-54(7)43(68-40)25-42-53(6,75-54)16-13-30-31(67-42)19-33-32(64-30)20-34-35(65-33)21-39-36(66-34)23-44(74-76(61,62)63)52(5,72-39)14-10-17-56/h9,12,15,28-49,56-57,60H,1-2,10-11,13-14,16-26H2,3-8H3,(H,58,59)(H,61,62,63)/b15-12+/t28-,29?,30-,31+,32+,33-,34-,35+,36+,37+,38-,39-,40-,41+,42-,43+,44-,45-,46+,47+,48+,49-,51+,52+,53+,54-,55-/m0/s1. The summed E-state index contributed by atoms with van der Waals surface area (Å²) >= 11 is 0. The molecule has 0 spiro atoms. The molecule has 11 saturated heterocycles. The number of carboxylic acid groups (broad SMARTS) is 1. The highest BCUT2D eigenvalue weighted by molar-refractivity contribution is 7.80. The van der Waals surface area contributed by atoms with E-state index in [1.165, 1.54) is 18.2 Å². The summed E-state index contributed by atoms with van der Waals surface area (Å²) in [7, 11) is -4.78. The van der Waals surface area contributed by atoms with Gasteiger partial charge in [0.15, 0.2) is 0 Å². The summed E-state index contributed by atoms with van der Waals surface area (Å²) in [5, 5.41) is 43.3. The van der Waals surface area contributed by atoms with E-state index in [1.807, 2.05) is 6.92 Å². The van der Waals surface area contributed by atoms with Gasteiger partial charge >= 0.3 is 16.4 Å². The van der Waals surface area contributed by atoms with Gasteiger partial charge < -0.3 is 72.5 Å². The second kappa shape index (κ2) is 20.5. The Morgan fingerprint density at radius 2 is 1.37 bits per heavy atom. The second-order valence-electron chi connectivity index (χ2n) is 25.4. The van der Waals surface area contributed by atoms with Gasteiger partial charge in [0.1, 0.15) is 35.6 Å². The molecule has 11 heterocycles. The Hall–Kier alpha value is -2.00. The predicted octanol–water partition coefficient (Wildman–Crippen LogP) is 4.38. The third-order valence-electron chi connectivity index (χ3n) is 19.6. The Morgan fingerprint density at radius 1 is 0.776 bits per heavy atom. The van der Waals surface area contributed by atoms with Crippen LogP contribution in [0.1, 0.15) is 131 Å². The van der Waals surface area contributed by atoms with Crippen molar-refractivity contribution in [3.05, 3.63) is 37.0 Å². The molecule has 0 aromatic rings. The van der Waals surface area contributed by atoms with Crippen molar-refractivity contribution in [2.75, 3.05) is 6.61 Å². The van der Waals surface area contributed by atoms with Gasteiger partial charge in [0.05, 0.1) is 120 Å². The van der Waals surface area contributed by atoms with Crippen molar-refractivity contribution in [1.29, 1.82) is 0 Å². The lowest BCUT2D eigenvalue weighted by molar-refractivity contribution is -0.361. The minimum absolute atomic E-state index is 0.0137. The summed E-state index contributed by atoms with van der Waals surface area (Å²) in [6, 6.07) is 0. The number of hydrogen-bond acceptors (Lipinski definition) is 18. The topological polar surface area (TPSA) is 263 Å². The van der Waals surface area contributed by atoms with Crippen molar-refractivity contribution >= 4 is 16.4 Å². The van der Waals surface area contributed by atoms with Gasteiger partial charge in [-0.25, -0.2) is 4.18 Å². The van der Waals surface area contributed by atoms with Crippen LogP contribution in [0.4, 0.5) is 0 Å². The molecule has 0 saturated carbocycles. The predicted molar refractivity (Wildman–Crippen MR) is 267 cm³/mol. The van der Waals surface area contributed by atoms with Crippen molar-refractivity contribution in [2.45, 2.75) is 282 Å². The van der Waals surface area contributed by atoms with E-state index in [2.05, 4.69) is 33.9 Å². The molecular weight excluding hydrogens is 1010 g/mol. The lowest BCUT2D eigenvalue weighted by Gasteiger charge is -2.59. The first kappa shape index (κ1) is 55.9. The lowest BCUT2D eigenvalue weighted by atomic mass is 9.74. The molecule has 0 aromatic carbocycles. The van der Waals surface area contributed by atoms with Gasteiger partial charge in [0.25, 0.3) is 0 Å². The molecule has 428 valence electrons. The fourth-order valence-electron chi connectivity index (χ4n) is 15.6. The van der Waals surface area contributed by atoms with Crippen LogP contribution in [-0.4, -0.2) is 196 Å². The van der Waals surface area contributed by atoms with Crippen LogP contribution in [0.15, 0.2) is 37.0 Å². The van der Waals surface area contributed by atoms with Gasteiger partial charge in [0, 0.05) is 51.6 Å². The Bertz CT molecular complexity index is 2330. The van der Waals surface area contributed by atoms with E-state index < -0.39 is 111 Å². The SMILES string of the molecule is C=CCC(/C=C/[C@@](C)(O)[C@H]1O[C@@H]2C[C@@H]3O[C@@H]4C[C@@H]5O[C@@H]6C[C@@H]7O[C@@H]8C[C@@H]9O[C@@H]%10C[C@@H]%11O[C@](C)(CCCO)[C@@H](OS(=O)(=O)O)C[C@H]%11O[C@H]%10C[C@H]9O[C@H]8CC[C@@]7(C)O[C@@]6(C)C[C@H](C)[C@H]5O[C@H]4[C@@H](O)[C@@]3(C)O[C@H]2CC1=C)C(=O)O. The maximum atomic E-state index is 12.3. The molecule has 76 heavy (non-hydrogen) atoms. The maximum absolute atomic E-state index is 12.3. The number of carboxylic acids is 1. The first-order chi connectivity index (χ1) is 35.8. The quantitative estimate of drug-likeness (QED) is 0.142. The van der Waals surface area contributed by atoms with Crippen LogP contribution in [0.25, 0.3) is 0 Å². The molecule has 1 unspecified atom stereocenters. The van der Waals surface area contributed by atoms with E-state index >= 15 is 0 Å². The van der Waals surface area contributed by atoms with E-state index in [9.17, 15) is 38.2 Å². The van der Waals surface area contributed by atoms with E-state index in [4.69, 9.17) is 56.3 Å². The highest BCUT2D eigenvalue weighted by Crippen LogP contribution is 2.54. The summed E-state index contributed by atoms with van der Waals surface area (Å²) in [5.41, 5.74) is -4.53. The summed E-state index contributed by atoms with van der Waals surface area (Å²) < 4.78 is 114. The van der Waals surface area contributed by atoms with E-state index in [-0.39, 0.29) is 86.4 Å². The van der Waals surface area contributed by atoms with Gasteiger partial charge in [-0.1, -0.05) is 31.7 Å². The number of aliphatic carboxylic acids is 1. The Balaban J connectivity index is 0.745. The average molecular weight is 1100 g/mol. The molecule has 0 radical (unpaired) electrons. The van der Waals surface area contributed by atoms with Gasteiger partial charge in [-0.3, -0.25) is 9.35 Å². The van der Waals surface area contributed by atoms with Gasteiger partial charge in [-0.15, -0.1) is 6.58 Å². The zero-order chi connectivity index (χ0) is 54.1. The van der Waals surface area contributed by atoms with Crippen LogP contribution in [0.2, 0.25) is 0 Å². The van der Waals surface area contributed by atoms with Crippen LogP contribution in [-0.2, 0) is 71.5 Å². The molecule has 11 aliphatic heterocycles. The number of allylic oxidation sites excluding steroid dienone is 1. The summed E-state index contributed by atoms with van der Waals surface area (Å²) in [4.78, 5) is 11.8. The van der Waals surface area contributed by atoms with E-state index in [0.29, 0.717) is 82.6 Å². The Labute approximate surface area is 446 Å². The van der Waals surface area contributed by atoms with Crippen LogP contribution in [0.3, 0.4) is 0 Å². The molecule has 0 amide bonds. The van der Waals surface area contributed by atoms with Gasteiger partial charge in [-0.05, 0) is 91.1 Å². The van der Waals surface area contributed by atoms with Gasteiger partial charge in [0.2, 0.25) is 0 Å². The van der Waals surface area contributed by atoms with Crippen molar-refractivity contribution in [2.24, 2.45) is 11.8 Å². The Morgan fingerprint density at radius 3 is 2.04 bits per heavy atom. The normalized spacial score (nSPS) is 52.1. The molecule has 0 aliphatic carbocycles. The lowest BCUT2D eigenvalue weighted by Crippen LogP contribution is -2.73. The second-order valence-corrected chi connectivity index (χ2v) is 26.4. The number of aliphatic hydroxyl groups is 3. The highest BCUT2D eigenvalue weighted by Gasteiger charge is 2.66. The van der Waals surface area contributed by atoms with Crippen molar-refractivity contribution in [3.8, 4) is 0 Å². The molecule has 21 heteroatoms. The smallest absolute Gasteiger partial charge is 0.397 e. The summed E-state index contributed by atoms with van der Waals surface area (Å²) in [6.07, 6.45) is 1.56. The number of rotatable bonds is 11. The number of carbonyl (C=O) groups is 1. The first-order valence-electron chi connectivity index (χ1n) is 28.0. The molecular formula is C55H82O20S. The van der Waals surface area contributed by atoms with Crippen LogP contribution >= 0.6 is 0 Å². The van der Waals surface area contributed by atoms with E-state index in [0.717, 1.165) is 0 Å². The molecule has 11 fully saturated rings. The summed E-state index contributed by atoms with van der Waals surface area (Å²) in [5.74, 6) is -1.89. The largest absolute Gasteiger partial charge is 0.481 e. The molecule has 0 aromatic heterocycles. The molecule has 11 rings (SSSR count). The third kappa shape index (κ3) is 10.3. The number of ether oxygens (including phenoxy) is 11. The molecule has 20 nitrogen and oxygen atoms in total. The fourth-order valence-corrected chi connectivity index (χ4v) is 16.2. The number of hydrogen-bond donors (Lipinski definition) is 5. The fraction of sp³-hybridized carbons (Fsp3) is 0.873. The van der Waals surface area contributed by atoms with E-state index in [1.54, 1.807) is 13.8 Å². The molecule has 11 aliphatic rings. The zero-order valence-electron chi connectivity index (χ0n) is 44.7. The minimum Gasteiger partial charge on any atom is -0.481 e. The van der Waals surface area contributed by atoms with Gasteiger partial charge in [-0.2, -0.15) is 8.42 Å². The van der Waals surface area contributed by atoms with Crippen LogP contribution in [0.5, 0.6) is 0 Å². The first-order valence-corrected chi connectivity index (χ1v) is 29.3. The molecule has 0 bridgehead atoms. The summed E-state index contributed by atoms with van der Waals surface area (Å²) in [6.45, 7) is 19.4. The van der Waals surface area contributed by atoms with Crippen molar-refractivity contribution < 1.29 is 94.5 Å². The monoisotopic (exact) mass is 1090 g/mol. The van der Waals surface area contributed by atoms with Crippen LogP contribution in [0, 0.1) is 11.8 Å². The third-order valence-corrected chi connectivity index (χ3v) is 20.1. The average Bonchev–Trinajstić information content (AvgIpc) is 3.61. The highest BCUT2D eigenvalue weighted by atomic mass is 32.3. The zero-order valence-corrected chi connectivity index (χ0v) is 45.5. The molecule has 5 N–H and O–H groups in total. The Kier molecular flexibility index (Phi) is 15.0. The minimum atomic E-state index is -4.78. The maximum Gasteiger partial charge on any atom is 0.397 e.